The first-order valence-corrected chi connectivity index (χ1v) is 7.93. The first kappa shape index (κ1) is 17.5. The largest absolute Gasteiger partial charge is 0.444 e. The van der Waals surface area contributed by atoms with Gasteiger partial charge >= 0.3 is 6.09 Å². The highest BCUT2D eigenvalue weighted by atomic mass is 19.2. The number of halogens is 2. The summed E-state index contributed by atoms with van der Waals surface area (Å²) < 4.78 is 31.5. The second kappa shape index (κ2) is 7.15. The summed E-state index contributed by atoms with van der Waals surface area (Å²) in [5, 5.41) is 6.01. The smallest absolute Gasteiger partial charge is 0.407 e. The minimum Gasteiger partial charge on any atom is -0.444 e. The zero-order valence-corrected chi connectivity index (χ0v) is 13.8. The third kappa shape index (κ3) is 5.37. The van der Waals surface area contributed by atoms with Crippen LogP contribution in [0.4, 0.5) is 19.3 Å². The third-order valence-corrected chi connectivity index (χ3v) is 3.84. The third-order valence-electron chi connectivity index (χ3n) is 3.84. The van der Waals surface area contributed by atoms with Crippen molar-refractivity contribution in [1.29, 1.82) is 0 Å². The number of rotatable bonds is 4. The monoisotopic (exact) mass is 326 g/mol. The maximum absolute atomic E-state index is 13.3. The lowest BCUT2D eigenvalue weighted by atomic mass is 10.0. The molecule has 4 nitrogen and oxygen atoms in total. The molecule has 0 spiro atoms. The maximum Gasteiger partial charge on any atom is 0.407 e. The Balaban J connectivity index is 1.87. The lowest BCUT2D eigenvalue weighted by Crippen LogP contribution is -2.38. The van der Waals surface area contributed by atoms with Gasteiger partial charge in [0.1, 0.15) is 5.60 Å². The van der Waals surface area contributed by atoms with Gasteiger partial charge in [-0.25, -0.2) is 13.6 Å². The van der Waals surface area contributed by atoms with Gasteiger partial charge in [-0.2, -0.15) is 0 Å². The van der Waals surface area contributed by atoms with Crippen molar-refractivity contribution in [2.75, 3.05) is 11.9 Å². The van der Waals surface area contributed by atoms with Crippen LogP contribution < -0.4 is 10.6 Å². The van der Waals surface area contributed by atoms with Crippen LogP contribution in [-0.2, 0) is 4.74 Å². The van der Waals surface area contributed by atoms with E-state index in [2.05, 4.69) is 10.6 Å². The molecule has 1 amide bonds. The van der Waals surface area contributed by atoms with Gasteiger partial charge in [0.05, 0.1) is 0 Å². The second-order valence-corrected chi connectivity index (χ2v) is 6.95. The second-order valence-electron chi connectivity index (χ2n) is 6.95. The van der Waals surface area contributed by atoms with Crippen LogP contribution in [0.2, 0.25) is 0 Å². The SMILES string of the molecule is CC(C)(C)OC(=O)NCC1CCCC1Nc1ccc(F)c(F)c1. The van der Waals surface area contributed by atoms with Crippen LogP contribution in [0.1, 0.15) is 40.0 Å². The minimum atomic E-state index is -0.864. The molecule has 0 radical (unpaired) electrons. The van der Waals surface area contributed by atoms with E-state index in [4.69, 9.17) is 4.74 Å². The van der Waals surface area contributed by atoms with Crippen LogP contribution in [0.3, 0.4) is 0 Å². The quantitative estimate of drug-likeness (QED) is 0.877. The van der Waals surface area contributed by atoms with Gasteiger partial charge in [-0.3, -0.25) is 0 Å². The van der Waals surface area contributed by atoms with Gasteiger partial charge in [-0.15, -0.1) is 0 Å². The predicted molar refractivity (Wildman–Crippen MR) is 85.3 cm³/mol. The molecular weight excluding hydrogens is 302 g/mol. The Morgan fingerprint density at radius 1 is 1.26 bits per heavy atom. The standard InChI is InChI=1S/C17H24F2N2O2/c1-17(2,3)23-16(22)20-10-11-5-4-6-15(11)21-12-7-8-13(18)14(19)9-12/h7-9,11,15,21H,4-6,10H2,1-3H3,(H,20,22). The molecule has 0 heterocycles. The molecule has 1 aromatic carbocycles. The minimum absolute atomic E-state index is 0.120. The fourth-order valence-electron chi connectivity index (χ4n) is 2.80. The Morgan fingerprint density at radius 3 is 2.65 bits per heavy atom. The predicted octanol–water partition coefficient (Wildman–Crippen LogP) is 4.07. The molecule has 0 aromatic heterocycles. The summed E-state index contributed by atoms with van der Waals surface area (Å²) in [6.07, 6.45) is 2.50. The molecule has 2 N–H and O–H groups in total. The van der Waals surface area contributed by atoms with E-state index in [-0.39, 0.29) is 12.0 Å². The molecule has 23 heavy (non-hydrogen) atoms. The van der Waals surface area contributed by atoms with Gasteiger partial charge in [0.25, 0.3) is 0 Å². The zero-order chi connectivity index (χ0) is 17.0. The number of benzene rings is 1. The number of carbonyl (C=O) groups is 1. The summed E-state index contributed by atoms with van der Waals surface area (Å²) in [5.41, 5.74) is 0.0290. The number of anilines is 1. The zero-order valence-electron chi connectivity index (χ0n) is 13.8. The molecule has 2 atom stereocenters. The number of hydrogen-bond donors (Lipinski definition) is 2. The summed E-state index contributed by atoms with van der Waals surface area (Å²) in [6, 6.07) is 3.91. The van der Waals surface area contributed by atoms with E-state index in [0.717, 1.165) is 31.4 Å². The van der Waals surface area contributed by atoms with Crippen molar-refractivity contribution in [3.05, 3.63) is 29.8 Å². The summed E-state index contributed by atoms with van der Waals surface area (Å²) in [6.45, 7) is 5.94. The molecule has 1 fully saturated rings. The van der Waals surface area contributed by atoms with E-state index >= 15 is 0 Å². The number of amides is 1. The number of ether oxygens (including phenoxy) is 1. The number of hydrogen-bond acceptors (Lipinski definition) is 3. The van der Waals surface area contributed by atoms with Gasteiger partial charge in [-0.05, 0) is 51.7 Å². The van der Waals surface area contributed by atoms with Crippen LogP contribution in [-0.4, -0.2) is 24.3 Å². The lowest BCUT2D eigenvalue weighted by molar-refractivity contribution is 0.0519. The molecule has 1 aliphatic rings. The normalized spacial score (nSPS) is 21.1. The van der Waals surface area contributed by atoms with Gasteiger partial charge in [0, 0.05) is 24.3 Å². The number of alkyl carbamates (subject to hydrolysis) is 1. The van der Waals surface area contributed by atoms with Crippen LogP contribution in [0, 0.1) is 17.6 Å². The van der Waals surface area contributed by atoms with E-state index in [0.29, 0.717) is 12.2 Å². The van der Waals surface area contributed by atoms with Crippen molar-refractivity contribution in [3.63, 3.8) is 0 Å². The molecule has 0 saturated heterocycles. The van der Waals surface area contributed by atoms with Crippen molar-refractivity contribution in [2.24, 2.45) is 5.92 Å². The Bertz CT molecular complexity index is 558. The molecular formula is C17H24F2N2O2. The van der Waals surface area contributed by atoms with Crippen molar-refractivity contribution in [1.82, 2.24) is 5.32 Å². The Hall–Kier alpha value is -1.85. The highest BCUT2D eigenvalue weighted by Gasteiger charge is 2.28. The summed E-state index contributed by atoms with van der Waals surface area (Å²) >= 11 is 0. The Morgan fingerprint density at radius 2 is 2.00 bits per heavy atom. The molecule has 0 bridgehead atoms. The molecule has 0 aliphatic heterocycles. The lowest BCUT2D eigenvalue weighted by Gasteiger charge is -2.24. The molecule has 2 rings (SSSR count). The first-order chi connectivity index (χ1) is 10.7. The van der Waals surface area contributed by atoms with Crippen molar-refractivity contribution < 1.29 is 18.3 Å². The van der Waals surface area contributed by atoms with E-state index < -0.39 is 23.3 Å². The number of nitrogens with one attached hydrogen (secondary N) is 2. The van der Waals surface area contributed by atoms with Gasteiger partial charge in [0.2, 0.25) is 0 Å². The van der Waals surface area contributed by atoms with Gasteiger partial charge in [0.15, 0.2) is 11.6 Å². The van der Waals surface area contributed by atoms with E-state index in [9.17, 15) is 13.6 Å². The van der Waals surface area contributed by atoms with Gasteiger partial charge in [-0.1, -0.05) is 6.42 Å². The fraction of sp³-hybridized carbons (Fsp3) is 0.588. The van der Waals surface area contributed by atoms with E-state index in [1.54, 1.807) is 0 Å². The van der Waals surface area contributed by atoms with Crippen molar-refractivity contribution >= 4 is 11.8 Å². The molecule has 6 heteroatoms. The Labute approximate surface area is 135 Å². The Kier molecular flexibility index (Phi) is 5.44. The van der Waals surface area contributed by atoms with Crippen molar-refractivity contribution in [3.8, 4) is 0 Å². The molecule has 1 aliphatic carbocycles. The maximum atomic E-state index is 13.3. The van der Waals surface area contributed by atoms with Crippen LogP contribution in [0.15, 0.2) is 18.2 Å². The van der Waals surface area contributed by atoms with E-state index in [1.165, 1.54) is 6.07 Å². The molecule has 128 valence electrons. The summed E-state index contributed by atoms with van der Waals surface area (Å²) in [5.74, 6) is -1.49. The van der Waals surface area contributed by atoms with E-state index in [1.807, 2.05) is 20.8 Å². The van der Waals surface area contributed by atoms with Gasteiger partial charge < -0.3 is 15.4 Å². The fourth-order valence-corrected chi connectivity index (χ4v) is 2.80. The summed E-state index contributed by atoms with van der Waals surface area (Å²) in [7, 11) is 0. The first-order valence-electron chi connectivity index (χ1n) is 7.93. The molecule has 1 saturated carbocycles. The molecule has 1 aromatic rings. The highest BCUT2D eigenvalue weighted by molar-refractivity contribution is 5.67. The van der Waals surface area contributed by atoms with Crippen molar-refractivity contribution in [2.45, 2.75) is 51.7 Å². The van der Waals surface area contributed by atoms with Crippen LogP contribution in [0.25, 0.3) is 0 Å². The van der Waals surface area contributed by atoms with Crippen LogP contribution in [0.5, 0.6) is 0 Å². The average Bonchev–Trinajstić information content (AvgIpc) is 2.86. The van der Waals surface area contributed by atoms with Crippen LogP contribution >= 0.6 is 0 Å². The topological polar surface area (TPSA) is 50.4 Å². The highest BCUT2D eigenvalue weighted by Crippen LogP contribution is 2.28. The summed E-state index contributed by atoms with van der Waals surface area (Å²) in [4.78, 5) is 11.7. The number of carbonyl (C=O) groups excluding carboxylic acids is 1. The molecule has 2 unspecified atom stereocenters. The average molecular weight is 326 g/mol.